The predicted octanol–water partition coefficient (Wildman–Crippen LogP) is 3.62. The number of benzene rings is 1. The Balaban J connectivity index is 1.61. The van der Waals surface area contributed by atoms with E-state index in [9.17, 15) is 19.2 Å². The Hall–Kier alpha value is -4.41. The molecular formula is C31H38N6O5. The lowest BCUT2D eigenvalue weighted by Crippen LogP contribution is -2.54. The Labute approximate surface area is 245 Å². The first-order valence-corrected chi connectivity index (χ1v) is 14.1. The molecule has 0 unspecified atom stereocenters. The van der Waals surface area contributed by atoms with Crippen molar-refractivity contribution in [3.63, 3.8) is 0 Å². The molecule has 0 saturated carbocycles. The summed E-state index contributed by atoms with van der Waals surface area (Å²) in [7, 11) is 0. The molecule has 222 valence electrons. The van der Waals surface area contributed by atoms with E-state index < -0.39 is 47.0 Å². The summed E-state index contributed by atoms with van der Waals surface area (Å²) in [6, 6.07) is 7.67. The average molecular weight is 575 g/mol. The topological polar surface area (TPSA) is 147 Å². The van der Waals surface area contributed by atoms with E-state index in [1.54, 1.807) is 44.3 Å². The van der Waals surface area contributed by atoms with Gasteiger partial charge in [-0.1, -0.05) is 72.7 Å². The molecule has 1 aliphatic rings. The number of fused-ring (bicyclic) bond motifs is 1. The Morgan fingerprint density at radius 2 is 1.62 bits per heavy atom. The SMILES string of the molecule is CC(C)[C@H](NC(=O)[C@@H]1c2ccccc2CN1C(=O)[C@@H](NC(=O)c1cccnc1)C(C)C)C(=O)c1nnc(C(C)(C)C)o1. The second-order valence-electron chi connectivity index (χ2n) is 12.3. The second kappa shape index (κ2) is 12.2. The van der Waals surface area contributed by atoms with Gasteiger partial charge in [0.2, 0.25) is 23.5 Å². The van der Waals surface area contributed by atoms with E-state index in [2.05, 4.69) is 25.8 Å². The van der Waals surface area contributed by atoms with Gasteiger partial charge in [-0.3, -0.25) is 24.2 Å². The first-order valence-electron chi connectivity index (χ1n) is 14.1. The van der Waals surface area contributed by atoms with Crippen LogP contribution in [0.2, 0.25) is 0 Å². The van der Waals surface area contributed by atoms with Crippen molar-refractivity contribution in [2.75, 3.05) is 0 Å². The maximum atomic E-state index is 14.0. The van der Waals surface area contributed by atoms with Crippen LogP contribution < -0.4 is 10.6 Å². The number of carbonyl (C=O) groups is 4. The van der Waals surface area contributed by atoms with Crippen molar-refractivity contribution < 1.29 is 23.6 Å². The van der Waals surface area contributed by atoms with Crippen LogP contribution in [0.5, 0.6) is 0 Å². The van der Waals surface area contributed by atoms with Crippen LogP contribution in [0.3, 0.4) is 0 Å². The third kappa shape index (κ3) is 6.40. The summed E-state index contributed by atoms with van der Waals surface area (Å²) in [5.74, 6) is -2.32. The van der Waals surface area contributed by atoms with Gasteiger partial charge in [0.05, 0.1) is 11.6 Å². The number of carbonyl (C=O) groups excluding carboxylic acids is 4. The predicted molar refractivity (Wildman–Crippen MR) is 154 cm³/mol. The zero-order valence-corrected chi connectivity index (χ0v) is 25.0. The third-order valence-corrected chi connectivity index (χ3v) is 7.20. The number of rotatable bonds is 9. The molecule has 3 atom stereocenters. The smallest absolute Gasteiger partial charge is 0.286 e. The van der Waals surface area contributed by atoms with E-state index in [0.29, 0.717) is 17.0 Å². The first kappa shape index (κ1) is 30.5. The fraction of sp³-hybridized carbons (Fsp3) is 0.452. The van der Waals surface area contributed by atoms with Gasteiger partial charge < -0.3 is 20.0 Å². The van der Waals surface area contributed by atoms with E-state index in [0.717, 1.165) is 5.56 Å². The van der Waals surface area contributed by atoms with Crippen molar-refractivity contribution in [3.05, 3.63) is 77.3 Å². The molecule has 0 saturated heterocycles. The summed E-state index contributed by atoms with van der Waals surface area (Å²) in [6.45, 7) is 13.1. The zero-order chi connectivity index (χ0) is 30.8. The van der Waals surface area contributed by atoms with Gasteiger partial charge in [0.15, 0.2) is 0 Å². The second-order valence-corrected chi connectivity index (χ2v) is 12.3. The number of hydrogen-bond donors (Lipinski definition) is 2. The molecule has 4 rings (SSSR count). The number of pyridine rings is 1. The van der Waals surface area contributed by atoms with Crippen molar-refractivity contribution in [3.8, 4) is 0 Å². The number of nitrogens with zero attached hydrogens (tertiary/aromatic N) is 4. The number of aromatic nitrogens is 3. The van der Waals surface area contributed by atoms with Gasteiger partial charge in [0.1, 0.15) is 12.1 Å². The summed E-state index contributed by atoms with van der Waals surface area (Å²) in [5.41, 5.74) is 1.35. The lowest BCUT2D eigenvalue weighted by atomic mass is 9.97. The maximum absolute atomic E-state index is 14.0. The highest BCUT2D eigenvalue weighted by Gasteiger charge is 2.43. The van der Waals surface area contributed by atoms with E-state index in [1.165, 1.54) is 11.1 Å². The minimum Gasteiger partial charge on any atom is -0.418 e. The van der Waals surface area contributed by atoms with Crippen LogP contribution in [-0.2, 0) is 21.5 Å². The highest BCUT2D eigenvalue weighted by Crippen LogP contribution is 2.35. The van der Waals surface area contributed by atoms with Gasteiger partial charge in [-0.2, -0.15) is 0 Å². The number of amides is 3. The molecule has 1 aliphatic heterocycles. The molecule has 11 heteroatoms. The minimum atomic E-state index is -1.01. The molecule has 0 bridgehead atoms. The van der Waals surface area contributed by atoms with Gasteiger partial charge in [-0.05, 0) is 35.1 Å². The molecule has 11 nitrogen and oxygen atoms in total. The fourth-order valence-corrected chi connectivity index (χ4v) is 4.82. The number of nitrogens with one attached hydrogen (secondary N) is 2. The Kier molecular flexibility index (Phi) is 8.89. The normalized spacial score (nSPS) is 16.2. The lowest BCUT2D eigenvalue weighted by Gasteiger charge is -2.32. The molecule has 0 fully saturated rings. The number of hydrogen-bond acceptors (Lipinski definition) is 8. The molecule has 1 aromatic carbocycles. The highest BCUT2D eigenvalue weighted by molar-refractivity contribution is 6.01. The maximum Gasteiger partial charge on any atom is 0.286 e. The molecule has 2 N–H and O–H groups in total. The molecule has 42 heavy (non-hydrogen) atoms. The lowest BCUT2D eigenvalue weighted by molar-refractivity contribution is -0.143. The molecule has 0 radical (unpaired) electrons. The Morgan fingerprint density at radius 3 is 2.21 bits per heavy atom. The molecule has 0 aliphatic carbocycles. The van der Waals surface area contributed by atoms with Gasteiger partial charge >= 0.3 is 0 Å². The standard InChI is InChI=1S/C31H38N6O5/c1-17(2)22(25(38)28-35-36-30(42-28)31(5,6)7)33-27(40)24-21-13-9-8-11-20(21)16-37(24)29(41)23(18(3)4)34-26(39)19-12-10-14-32-15-19/h8-15,17-18,22-24H,16H2,1-7H3,(H,33,40)(H,34,39)/t22-,23-,24-/m0/s1. The van der Waals surface area contributed by atoms with Crippen molar-refractivity contribution >= 4 is 23.5 Å². The van der Waals surface area contributed by atoms with Crippen molar-refractivity contribution in [1.29, 1.82) is 0 Å². The van der Waals surface area contributed by atoms with E-state index in [1.807, 2.05) is 46.8 Å². The average Bonchev–Trinajstić information content (AvgIpc) is 3.60. The van der Waals surface area contributed by atoms with E-state index in [4.69, 9.17) is 4.42 Å². The molecular weight excluding hydrogens is 536 g/mol. The monoisotopic (exact) mass is 574 g/mol. The van der Waals surface area contributed by atoms with Crippen molar-refractivity contribution in [2.45, 2.75) is 78.6 Å². The summed E-state index contributed by atoms with van der Waals surface area (Å²) in [4.78, 5) is 59.8. The van der Waals surface area contributed by atoms with Crippen LogP contribution in [0.25, 0.3) is 0 Å². The highest BCUT2D eigenvalue weighted by atomic mass is 16.4. The van der Waals surface area contributed by atoms with Crippen molar-refractivity contribution in [2.24, 2.45) is 11.8 Å². The van der Waals surface area contributed by atoms with Crippen LogP contribution in [0.4, 0.5) is 0 Å². The van der Waals surface area contributed by atoms with Crippen LogP contribution in [0.1, 0.15) is 92.6 Å². The van der Waals surface area contributed by atoms with Crippen molar-refractivity contribution in [1.82, 2.24) is 30.7 Å². The Morgan fingerprint density at radius 1 is 0.929 bits per heavy atom. The van der Waals surface area contributed by atoms with E-state index >= 15 is 0 Å². The van der Waals surface area contributed by atoms with Crippen LogP contribution in [0, 0.1) is 11.8 Å². The summed E-state index contributed by atoms with van der Waals surface area (Å²) in [5, 5.41) is 13.6. The van der Waals surface area contributed by atoms with Gasteiger partial charge in [-0.15, -0.1) is 10.2 Å². The van der Waals surface area contributed by atoms with E-state index in [-0.39, 0.29) is 24.3 Å². The first-order chi connectivity index (χ1) is 19.8. The summed E-state index contributed by atoms with van der Waals surface area (Å²) in [6.07, 6.45) is 2.99. The molecule has 3 aromatic rings. The molecule has 3 heterocycles. The largest absolute Gasteiger partial charge is 0.418 e. The third-order valence-electron chi connectivity index (χ3n) is 7.20. The van der Waals surface area contributed by atoms with Crippen LogP contribution in [-0.4, -0.2) is 55.7 Å². The number of Topliss-reactive ketones (excluding diaryl/α,β-unsaturated/α-hetero) is 1. The van der Waals surface area contributed by atoms with Gasteiger partial charge in [0.25, 0.3) is 11.8 Å². The molecule has 0 spiro atoms. The molecule has 2 aromatic heterocycles. The molecule has 3 amide bonds. The summed E-state index contributed by atoms with van der Waals surface area (Å²) >= 11 is 0. The van der Waals surface area contributed by atoms with Crippen LogP contribution in [0.15, 0.2) is 53.2 Å². The minimum absolute atomic E-state index is 0.179. The van der Waals surface area contributed by atoms with Crippen LogP contribution >= 0.6 is 0 Å². The van der Waals surface area contributed by atoms with Gasteiger partial charge in [-0.25, -0.2) is 0 Å². The number of ketones is 1. The Bertz CT molecular complexity index is 1460. The quantitative estimate of drug-likeness (QED) is 0.368. The van der Waals surface area contributed by atoms with Gasteiger partial charge in [0, 0.05) is 24.4 Å². The fourth-order valence-electron chi connectivity index (χ4n) is 4.82. The summed E-state index contributed by atoms with van der Waals surface area (Å²) < 4.78 is 5.66. The zero-order valence-electron chi connectivity index (χ0n) is 25.0.